The van der Waals surface area contributed by atoms with Gasteiger partial charge in [0.2, 0.25) is 0 Å². The SMILES string of the molecule is CC(Sc1nncn1C)c1cccc(CC(=O)c2cnc3ccccc3n2)c1. The highest BCUT2D eigenvalue weighted by Gasteiger charge is 2.14. The maximum absolute atomic E-state index is 12.7. The van der Waals surface area contributed by atoms with Crippen LogP contribution in [0.25, 0.3) is 11.0 Å². The van der Waals surface area contributed by atoms with Gasteiger partial charge >= 0.3 is 0 Å². The lowest BCUT2D eigenvalue weighted by Gasteiger charge is -2.12. The Bertz CT molecular complexity index is 1140. The summed E-state index contributed by atoms with van der Waals surface area (Å²) in [5, 5.41) is 9.09. The highest BCUT2D eigenvalue weighted by molar-refractivity contribution is 7.99. The number of aromatic nitrogens is 5. The minimum atomic E-state index is -0.0380. The molecule has 0 aliphatic rings. The van der Waals surface area contributed by atoms with Gasteiger partial charge in [0.1, 0.15) is 12.0 Å². The topological polar surface area (TPSA) is 73.6 Å². The van der Waals surface area contributed by atoms with Crippen LogP contribution in [0.3, 0.4) is 0 Å². The molecule has 0 amide bonds. The van der Waals surface area contributed by atoms with Gasteiger partial charge in [-0.05, 0) is 30.2 Å². The van der Waals surface area contributed by atoms with Crippen LogP contribution in [0.2, 0.25) is 0 Å². The van der Waals surface area contributed by atoms with Gasteiger partial charge in [-0.2, -0.15) is 0 Å². The third kappa shape index (κ3) is 3.94. The number of aryl methyl sites for hydroxylation is 1. The molecule has 2 aromatic heterocycles. The molecule has 0 saturated carbocycles. The quantitative estimate of drug-likeness (QED) is 0.366. The third-order valence-corrected chi connectivity index (χ3v) is 5.68. The third-order valence-electron chi connectivity index (χ3n) is 4.47. The monoisotopic (exact) mass is 389 g/mol. The van der Waals surface area contributed by atoms with Crippen molar-refractivity contribution in [2.75, 3.05) is 0 Å². The van der Waals surface area contributed by atoms with Crippen LogP contribution in [0, 0.1) is 0 Å². The average Bonchev–Trinajstić information content (AvgIpc) is 3.12. The van der Waals surface area contributed by atoms with Crippen molar-refractivity contribution in [1.29, 1.82) is 0 Å². The van der Waals surface area contributed by atoms with E-state index in [2.05, 4.69) is 39.2 Å². The summed E-state index contributed by atoms with van der Waals surface area (Å²) < 4.78 is 1.90. The molecule has 4 rings (SSSR count). The maximum Gasteiger partial charge on any atom is 0.191 e. The van der Waals surface area contributed by atoms with E-state index in [1.807, 2.05) is 48.0 Å². The normalized spacial score (nSPS) is 12.2. The van der Waals surface area contributed by atoms with Crippen LogP contribution in [0.5, 0.6) is 0 Å². The molecule has 0 fully saturated rings. The predicted molar refractivity (Wildman–Crippen MR) is 109 cm³/mol. The number of nitrogens with zero attached hydrogens (tertiary/aromatic N) is 5. The number of carbonyl (C=O) groups excluding carboxylic acids is 1. The molecular weight excluding hydrogens is 370 g/mol. The van der Waals surface area contributed by atoms with Crippen molar-refractivity contribution in [3.8, 4) is 0 Å². The number of benzene rings is 2. The van der Waals surface area contributed by atoms with E-state index in [-0.39, 0.29) is 11.0 Å². The Labute approximate surface area is 167 Å². The number of Topliss-reactive ketones (excluding diaryl/α,β-unsaturated/α-hetero) is 1. The summed E-state index contributed by atoms with van der Waals surface area (Å²) >= 11 is 1.64. The molecule has 2 heterocycles. The first kappa shape index (κ1) is 18.3. The highest BCUT2D eigenvalue weighted by Crippen LogP contribution is 2.33. The zero-order valence-electron chi connectivity index (χ0n) is 15.6. The summed E-state index contributed by atoms with van der Waals surface area (Å²) in [4.78, 5) is 21.5. The van der Waals surface area contributed by atoms with Crippen LogP contribution in [0.4, 0.5) is 0 Å². The van der Waals surface area contributed by atoms with Crippen LogP contribution in [0.1, 0.15) is 33.8 Å². The first-order valence-corrected chi connectivity index (χ1v) is 9.82. The summed E-state index contributed by atoms with van der Waals surface area (Å²) in [6.07, 6.45) is 3.54. The van der Waals surface area contributed by atoms with E-state index >= 15 is 0 Å². The standard InChI is InChI=1S/C21H19N5OS/c1-14(28-21-25-23-13-26(21)2)16-7-5-6-15(10-16)11-20(27)19-12-22-17-8-3-4-9-18(17)24-19/h3-10,12-14H,11H2,1-2H3. The largest absolute Gasteiger partial charge is 0.312 e. The molecule has 0 saturated heterocycles. The van der Waals surface area contributed by atoms with Crippen LogP contribution in [0.15, 0.2) is 66.2 Å². The number of rotatable bonds is 6. The number of hydrogen-bond donors (Lipinski definition) is 0. The smallest absolute Gasteiger partial charge is 0.191 e. The van der Waals surface area contributed by atoms with Gasteiger partial charge in [0.15, 0.2) is 10.9 Å². The number of carbonyl (C=O) groups is 1. The van der Waals surface area contributed by atoms with Crippen LogP contribution >= 0.6 is 11.8 Å². The van der Waals surface area contributed by atoms with E-state index in [1.165, 1.54) is 0 Å². The Morgan fingerprint density at radius 1 is 1.14 bits per heavy atom. The van der Waals surface area contributed by atoms with Gasteiger partial charge in [-0.15, -0.1) is 10.2 Å². The number of fused-ring (bicyclic) bond motifs is 1. The van der Waals surface area contributed by atoms with Crippen LogP contribution in [-0.2, 0) is 13.5 Å². The Morgan fingerprint density at radius 2 is 1.96 bits per heavy atom. The van der Waals surface area contributed by atoms with E-state index in [4.69, 9.17) is 0 Å². The van der Waals surface area contributed by atoms with Gasteiger partial charge < -0.3 is 4.57 Å². The zero-order chi connectivity index (χ0) is 19.5. The molecule has 0 bridgehead atoms. The van der Waals surface area contributed by atoms with E-state index in [1.54, 1.807) is 24.3 Å². The lowest BCUT2D eigenvalue weighted by Crippen LogP contribution is -2.07. The fourth-order valence-electron chi connectivity index (χ4n) is 2.93. The van der Waals surface area contributed by atoms with Crippen molar-refractivity contribution in [3.63, 3.8) is 0 Å². The Hall–Kier alpha value is -3.06. The summed E-state index contributed by atoms with van der Waals surface area (Å²) in [5.74, 6) is -0.0380. The van der Waals surface area contributed by atoms with Crippen molar-refractivity contribution in [2.45, 2.75) is 23.8 Å². The van der Waals surface area contributed by atoms with Crippen molar-refractivity contribution in [3.05, 3.63) is 77.9 Å². The number of thioether (sulfide) groups is 1. The molecule has 7 heteroatoms. The molecule has 6 nitrogen and oxygen atoms in total. The fourth-order valence-corrected chi connectivity index (χ4v) is 3.84. The summed E-state index contributed by atoms with van der Waals surface area (Å²) in [6.45, 7) is 2.12. The van der Waals surface area contributed by atoms with Crippen LogP contribution in [-0.4, -0.2) is 30.5 Å². The van der Waals surface area contributed by atoms with Gasteiger partial charge in [-0.3, -0.25) is 9.78 Å². The van der Waals surface area contributed by atoms with E-state index in [0.29, 0.717) is 12.1 Å². The first-order chi connectivity index (χ1) is 13.6. The van der Waals surface area contributed by atoms with Crippen molar-refractivity contribution in [2.24, 2.45) is 7.05 Å². The molecule has 0 radical (unpaired) electrons. The van der Waals surface area contributed by atoms with Crippen LogP contribution < -0.4 is 0 Å². The molecule has 0 spiro atoms. The molecule has 2 aromatic carbocycles. The second-order valence-corrected chi connectivity index (χ2v) is 7.88. The molecule has 140 valence electrons. The maximum atomic E-state index is 12.7. The van der Waals surface area contributed by atoms with E-state index in [9.17, 15) is 4.79 Å². The van der Waals surface area contributed by atoms with Gasteiger partial charge in [0, 0.05) is 18.7 Å². The summed E-state index contributed by atoms with van der Waals surface area (Å²) in [5.41, 5.74) is 4.02. The molecule has 0 N–H and O–H groups in total. The highest BCUT2D eigenvalue weighted by atomic mass is 32.2. The number of hydrogen-bond acceptors (Lipinski definition) is 6. The van der Waals surface area contributed by atoms with Gasteiger partial charge in [0.05, 0.1) is 17.2 Å². The lowest BCUT2D eigenvalue weighted by molar-refractivity contribution is 0.0988. The Kier molecular flexibility index (Phi) is 5.16. The first-order valence-electron chi connectivity index (χ1n) is 8.94. The van der Waals surface area contributed by atoms with Gasteiger partial charge in [-0.1, -0.05) is 48.2 Å². The van der Waals surface area contributed by atoms with Crippen molar-refractivity contribution < 1.29 is 4.79 Å². The molecule has 1 atom stereocenters. The lowest BCUT2D eigenvalue weighted by atomic mass is 10.0. The van der Waals surface area contributed by atoms with Crippen molar-refractivity contribution >= 4 is 28.6 Å². The molecule has 1 unspecified atom stereocenters. The number of ketones is 1. The van der Waals surface area contributed by atoms with Crippen molar-refractivity contribution in [1.82, 2.24) is 24.7 Å². The van der Waals surface area contributed by atoms with Gasteiger partial charge in [-0.25, -0.2) is 4.98 Å². The molecule has 28 heavy (non-hydrogen) atoms. The Balaban J connectivity index is 1.50. The minimum Gasteiger partial charge on any atom is -0.312 e. The number of para-hydroxylation sites is 2. The fraction of sp³-hybridized carbons (Fsp3) is 0.190. The van der Waals surface area contributed by atoms with E-state index in [0.717, 1.165) is 27.3 Å². The summed E-state index contributed by atoms with van der Waals surface area (Å²) in [6, 6.07) is 15.6. The Morgan fingerprint density at radius 3 is 2.75 bits per heavy atom. The molecular formula is C21H19N5OS. The molecule has 4 aromatic rings. The summed E-state index contributed by atoms with van der Waals surface area (Å²) in [7, 11) is 1.93. The zero-order valence-corrected chi connectivity index (χ0v) is 16.4. The van der Waals surface area contributed by atoms with E-state index < -0.39 is 0 Å². The van der Waals surface area contributed by atoms with Gasteiger partial charge in [0.25, 0.3) is 0 Å². The second-order valence-electron chi connectivity index (χ2n) is 6.57. The molecule has 0 aliphatic heterocycles. The predicted octanol–water partition coefficient (Wildman–Crippen LogP) is 4.04. The average molecular weight is 389 g/mol. The minimum absolute atomic E-state index is 0.0380. The molecule has 0 aliphatic carbocycles. The second kappa shape index (κ2) is 7.90.